The quantitative estimate of drug-likeness (QED) is 0.649. The number of aryl methyl sites for hydroxylation is 1. The topological polar surface area (TPSA) is 87.1 Å². The van der Waals surface area contributed by atoms with Gasteiger partial charge in [-0.15, -0.1) is 10.2 Å². The molecule has 1 fully saturated rings. The second-order valence-electron chi connectivity index (χ2n) is 6.79. The Morgan fingerprint density at radius 1 is 1.03 bits per heavy atom. The minimum Gasteiger partial charge on any atom is -0.352 e. The number of nitrogens with zero attached hydrogens (tertiary/aromatic N) is 6. The van der Waals surface area contributed by atoms with E-state index in [2.05, 4.69) is 46.3 Å². The Kier molecular flexibility index (Phi) is 5.66. The highest BCUT2D eigenvalue weighted by Crippen LogP contribution is 2.18. The van der Waals surface area contributed by atoms with Gasteiger partial charge in [-0.3, -0.25) is 9.78 Å². The minimum absolute atomic E-state index is 0.00487. The molecule has 0 saturated carbocycles. The van der Waals surface area contributed by atoms with Crippen molar-refractivity contribution in [3.8, 4) is 0 Å². The van der Waals surface area contributed by atoms with Crippen LogP contribution in [-0.4, -0.2) is 57.2 Å². The Hall–Kier alpha value is -3.07. The van der Waals surface area contributed by atoms with Crippen molar-refractivity contribution in [1.82, 2.24) is 25.1 Å². The van der Waals surface area contributed by atoms with Gasteiger partial charge in [-0.05, 0) is 58.7 Å². The van der Waals surface area contributed by atoms with Crippen LogP contribution < -0.4 is 10.2 Å². The first-order chi connectivity index (χ1) is 14.1. The van der Waals surface area contributed by atoms with Crippen LogP contribution in [0.25, 0.3) is 0 Å². The lowest BCUT2D eigenvalue weighted by molar-refractivity contribution is 0.0746. The summed E-state index contributed by atoms with van der Waals surface area (Å²) in [5.41, 5.74) is 1.71. The number of pyridine rings is 2. The molecule has 0 bridgehead atoms. The molecular formula is C20H20BrN7O. The zero-order valence-corrected chi connectivity index (χ0v) is 17.5. The standard InChI is InChI=1S/C20H20BrN7O/c1-14-4-5-23-18(10-14)24-17-2-3-19(26-25-17)27-6-8-28(9-7-27)20(29)15-11-16(21)13-22-12-15/h2-5,10-13H,6-9H2,1H3,(H,23,24,25). The molecule has 0 atom stereocenters. The van der Waals surface area contributed by atoms with E-state index in [9.17, 15) is 4.79 Å². The van der Waals surface area contributed by atoms with Gasteiger partial charge in [0, 0.05) is 49.2 Å². The highest BCUT2D eigenvalue weighted by molar-refractivity contribution is 9.10. The summed E-state index contributed by atoms with van der Waals surface area (Å²) < 4.78 is 0.798. The molecule has 1 aliphatic rings. The fraction of sp³-hybridized carbons (Fsp3) is 0.250. The van der Waals surface area contributed by atoms with Gasteiger partial charge in [0.25, 0.3) is 5.91 Å². The van der Waals surface area contributed by atoms with Gasteiger partial charge in [0.2, 0.25) is 0 Å². The average molecular weight is 454 g/mol. The Balaban J connectivity index is 1.35. The highest BCUT2D eigenvalue weighted by Gasteiger charge is 2.23. The van der Waals surface area contributed by atoms with E-state index in [4.69, 9.17) is 0 Å². The van der Waals surface area contributed by atoms with Gasteiger partial charge >= 0.3 is 0 Å². The number of piperazine rings is 1. The number of rotatable bonds is 4. The first-order valence-corrected chi connectivity index (χ1v) is 10.1. The summed E-state index contributed by atoms with van der Waals surface area (Å²) in [5, 5.41) is 11.7. The Morgan fingerprint density at radius 2 is 1.86 bits per heavy atom. The molecular weight excluding hydrogens is 434 g/mol. The van der Waals surface area contributed by atoms with E-state index in [-0.39, 0.29) is 5.91 Å². The van der Waals surface area contributed by atoms with Crippen molar-refractivity contribution >= 4 is 39.3 Å². The third-order valence-corrected chi connectivity index (χ3v) is 5.10. The number of carbonyl (C=O) groups excluding carboxylic acids is 1. The summed E-state index contributed by atoms with van der Waals surface area (Å²) in [4.78, 5) is 25.0. The summed E-state index contributed by atoms with van der Waals surface area (Å²) >= 11 is 3.36. The molecule has 3 aromatic heterocycles. The lowest BCUT2D eigenvalue weighted by Crippen LogP contribution is -2.49. The molecule has 0 spiro atoms. The van der Waals surface area contributed by atoms with Crippen LogP contribution in [0.5, 0.6) is 0 Å². The van der Waals surface area contributed by atoms with Crippen molar-refractivity contribution in [2.75, 3.05) is 36.4 Å². The number of aromatic nitrogens is 4. The second-order valence-corrected chi connectivity index (χ2v) is 7.71. The molecule has 1 N–H and O–H groups in total. The van der Waals surface area contributed by atoms with E-state index < -0.39 is 0 Å². The van der Waals surface area contributed by atoms with Crippen molar-refractivity contribution < 1.29 is 4.79 Å². The summed E-state index contributed by atoms with van der Waals surface area (Å²) in [6.45, 7) is 4.67. The predicted molar refractivity (Wildman–Crippen MR) is 114 cm³/mol. The molecule has 148 valence electrons. The van der Waals surface area contributed by atoms with Crippen molar-refractivity contribution in [2.45, 2.75) is 6.92 Å². The van der Waals surface area contributed by atoms with Crippen LogP contribution in [0.1, 0.15) is 15.9 Å². The average Bonchev–Trinajstić information content (AvgIpc) is 2.74. The maximum atomic E-state index is 12.6. The van der Waals surface area contributed by atoms with Gasteiger partial charge < -0.3 is 15.1 Å². The lowest BCUT2D eigenvalue weighted by atomic mass is 10.2. The van der Waals surface area contributed by atoms with Gasteiger partial charge in [-0.2, -0.15) is 0 Å². The van der Waals surface area contributed by atoms with Crippen LogP contribution >= 0.6 is 15.9 Å². The van der Waals surface area contributed by atoms with Crippen LogP contribution in [0.4, 0.5) is 17.5 Å². The van der Waals surface area contributed by atoms with Crippen LogP contribution in [0.2, 0.25) is 0 Å². The molecule has 0 radical (unpaired) electrons. The van der Waals surface area contributed by atoms with Crippen molar-refractivity contribution in [2.24, 2.45) is 0 Å². The molecule has 1 saturated heterocycles. The fourth-order valence-electron chi connectivity index (χ4n) is 3.15. The first-order valence-electron chi connectivity index (χ1n) is 9.27. The van der Waals surface area contributed by atoms with Crippen LogP contribution in [0.15, 0.2) is 53.4 Å². The van der Waals surface area contributed by atoms with E-state index in [1.54, 1.807) is 24.7 Å². The number of anilines is 3. The maximum absolute atomic E-state index is 12.6. The Bertz CT molecular complexity index is 1000. The zero-order valence-electron chi connectivity index (χ0n) is 15.9. The van der Waals surface area contributed by atoms with Crippen LogP contribution in [-0.2, 0) is 0 Å². The number of carbonyl (C=O) groups is 1. The maximum Gasteiger partial charge on any atom is 0.255 e. The van der Waals surface area contributed by atoms with E-state index in [0.717, 1.165) is 21.7 Å². The fourth-order valence-corrected chi connectivity index (χ4v) is 3.51. The van der Waals surface area contributed by atoms with Gasteiger partial charge in [-0.25, -0.2) is 4.98 Å². The summed E-state index contributed by atoms with van der Waals surface area (Å²) in [5.74, 6) is 2.17. The normalized spacial score (nSPS) is 14.0. The number of nitrogens with one attached hydrogen (secondary N) is 1. The molecule has 3 aromatic rings. The van der Waals surface area contributed by atoms with Crippen molar-refractivity contribution in [1.29, 1.82) is 0 Å². The first kappa shape index (κ1) is 19.3. The Morgan fingerprint density at radius 3 is 2.55 bits per heavy atom. The monoisotopic (exact) mass is 453 g/mol. The van der Waals surface area contributed by atoms with Gasteiger partial charge in [-0.1, -0.05) is 0 Å². The van der Waals surface area contributed by atoms with E-state index >= 15 is 0 Å². The predicted octanol–water partition coefficient (Wildman–Crippen LogP) is 3.04. The van der Waals surface area contributed by atoms with E-state index in [1.165, 1.54) is 0 Å². The smallest absolute Gasteiger partial charge is 0.255 e. The van der Waals surface area contributed by atoms with Gasteiger partial charge in [0.1, 0.15) is 5.82 Å². The summed E-state index contributed by atoms with van der Waals surface area (Å²) in [6.07, 6.45) is 5.02. The number of amides is 1. The van der Waals surface area contributed by atoms with E-state index in [0.29, 0.717) is 37.6 Å². The Labute approximate surface area is 177 Å². The number of hydrogen-bond acceptors (Lipinski definition) is 7. The molecule has 0 aromatic carbocycles. The number of hydrogen-bond donors (Lipinski definition) is 1. The summed E-state index contributed by atoms with van der Waals surface area (Å²) in [6, 6.07) is 9.50. The number of halogens is 1. The third-order valence-electron chi connectivity index (χ3n) is 4.66. The molecule has 4 rings (SSSR count). The highest BCUT2D eigenvalue weighted by atomic mass is 79.9. The molecule has 1 amide bonds. The molecule has 9 heteroatoms. The zero-order chi connectivity index (χ0) is 20.2. The molecule has 1 aliphatic heterocycles. The van der Waals surface area contributed by atoms with Gasteiger partial charge in [0.15, 0.2) is 11.6 Å². The van der Waals surface area contributed by atoms with Crippen molar-refractivity contribution in [3.05, 3.63) is 64.5 Å². The third kappa shape index (κ3) is 4.68. The van der Waals surface area contributed by atoms with Crippen molar-refractivity contribution in [3.63, 3.8) is 0 Å². The molecule has 0 aliphatic carbocycles. The van der Waals surface area contributed by atoms with Crippen LogP contribution in [0.3, 0.4) is 0 Å². The van der Waals surface area contributed by atoms with E-state index in [1.807, 2.05) is 36.1 Å². The molecule has 29 heavy (non-hydrogen) atoms. The SMILES string of the molecule is Cc1ccnc(Nc2ccc(N3CCN(C(=O)c4cncc(Br)c4)CC3)nn2)c1. The largest absolute Gasteiger partial charge is 0.352 e. The molecule has 4 heterocycles. The summed E-state index contributed by atoms with van der Waals surface area (Å²) in [7, 11) is 0. The van der Waals surface area contributed by atoms with Crippen LogP contribution in [0, 0.1) is 6.92 Å². The van der Waals surface area contributed by atoms with Gasteiger partial charge in [0.05, 0.1) is 5.56 Å². The second kappa shape index (κ2) is 8.52. The molecule has 8 nitrogen and oxygen atoms in total. The lowest BCUT2D eigenvalue weighted by Gasteiger charge is -2.35. The minimum atomic E-state index is -0.00487. The molecule has 0 unspecified atom stereocenters.